The molecule has 5 atom stereocenters. The Morgan fingerprint density at radius 1 is 1.24 bits per heavy atom. The summed E-state index contributed by atoms with van der Waals surface area (Å²) >= 11 is 0.918. The molecule has 0 bridgehead atoms. The first kappa shape index (κ1) is 19.8. The lowest BCUT2D eigenvalue weighted by atomic mass is 9.97. The van der Waals surface area contributed by atoms with E-state index in [1.807, 2.05) is 0 Å². The second kappa shape index (κ2) is 7.73. The second-order valence-electron chi connectivity index (χ2n) is 6.75. The van der Waals surface area contributed by atoms with Crippen molar-refractivity contribution in [3.63, 3.8) is 0 Å². The predicted octanol–water partition coefficient (Wildman–Crippen LogP) is 0.330. The molecule has 0 radical (unpaired) electrons. The van der Waals surface area contributed by atoms with Crippen LogP contribution in [-0.4, -0.2) is 58.5 Å². The van der Waals surface area contributed by atoms with Crippen molar-refractivity contribution < 1.29 is 34.0 Å². The Labute approximate surface area is 168 Å². The second-order valence-corrected chi connectivity index (χ2v) is 7.73. The van der Waals surface area contributed by atoms with Crippen LogP contribution >= 0.6 is 11.3 Å². The maximum atomic E-state index is 11.7. The fraction of sp³-hybridized carbons (Fsp3) is 0.368. The van der Waals surface area contributed by atoms with Crippen molar-refractivity contribution in [1.82, 2.24) is 5.32 Å². The van der Waals surface area contributed by atoms with Gasteiger partial charge < -0.3 is 34.5 Å². The lowest BCUT2D eigenvalue weighted by Gasteiger charge is -2.42. The van der Waals surface area contributed by atoms with Gasteiger partial charge in [-0.05, 0) is 0 Å². The van der Waals surface area contributed by atoms with Crippen molar-refractivity contribution in [3.05, 3.63) is 40.1 Å². The minimum Gasteiger partial charge on any atom is -0.462 e. The Balaban J connectivity index is 1.78. The van der Waals surface area contributed by atoms with Crippen LogP contribution in [0.5, 0.6) is 5.75 Å². The number of aliphatic hydroxyl groups is 3. The largest absolute Gasteiger partial charge is 0.462 e. The molecule has 2 aromatic carbocycles. The average Bonchev–Trinajstić information content (AvgIpc) is 3.07. The quantitative estimate of drug-likeness (QED) is 0.473. The monoisotopic (exact) mass is 421 g/mol. The third-order valence-electron chi connectivity index (χ3n) is 4.80. The van der Waals surface area contributed by atoms with Crippen LogP contribution in [0.25, 0.3) is 21.1 Å². The molecular weight excluding hydrogens is 402 g/mol. The van der Waals surface area contributed by atoms with Gasteiger partial charge in [0.15, 0.2) is 5.58 Å². The molecule has 1 aromatic heterocycles. The summed E-state index contributed by atoms with van der Waals surface area (Å²) in [6.45, 7) is 0.715. The summed E-state index contributed by atoms with van der Waals surface area (Å²) in [7, 11) is 0. The predicted molar refractivity (Wildman–Crippen MR) is 104 cm³/mol. The molecule has 0 aliphatic carbocycles. The molecule has 154 valence electrons. The van der Waals surface area contributed by atoms with Gasteiger partial charge in [-0.1, -0.05) is 35.6 Å². The molecule has 1 aliphatic heterocycles. The van der Waals surface area contributed by atoms with E-state index in [1.165, 1.54) is 6.92 Å². The number of nitrogens with one attached hydrogen (secondary N) is 1. The molecule has 9 nitrogen and oxygen atoms in total. The number of rotatable bonds is 4. The van der Waals surface area contributed by atoms with Crippen LogP contribution in [0.3, 0.4) is 0 Å². The zero-order valence-electron chi connectivity index (χ0n) is 15.3. The van der Waals surface area contributed by atoms with Gasteiger partial charge in [0.05, 0.1) is 11.3 Å². The zero-order chi connectivity index (χ0) is 20.7. The highest BCUT2D eigenvalue weighted by Crippen LogP contribution is 2.36. The number of benzene rings is 2. The number of hydrogen-bond acceptors (Lipinski definition) is 9. The van der Waals surface area contributed by atoms with Gasteiger partial charge in [-0.25, -0.2) is 4.79 Å². The zero-order valence-corrected chi connectivity index (χ0v) is 16.1. The Morgan fingerprint density at radius 2 is 1.97 bits per heavy atom. The van der Waals surface area contributed by atoms with E-state index in [-0.39, 0.29) is 0 Å². The Hall–Kier alpha value is -2.50. The lowest BCUT2D eigenvalue weighted by Crippen LogP contribution is -2.65. The molecule has 0 spiro atoms. The Morgan fingerprint density at radius 3 is 2.66 bits per heavy atom. The lowest BCUT2D eigenvalue weighted by molar-refractivity contribution is -0.244. The molecule has 4 rings (SSSR count). The third-order valence-corrected chi connectivity index (χ3v) is 5.57. The van der Waals surface area contributed by atoms with Gasteiger partial charge in [-0.3, -0.25) is 4.79 Å². The molecule has 1 saturated heterocycles. The molecule has 10 heteroatoms. The third kappa shape index (κ3) is 3.61. The molecule has 0 saturated carbocycles. The van der Waals surface area contributed by atoms with Crippen LogP contribution in [0.15, 0.2) is 39.5 Å². The summed E-state index contributed by atoms with van der Waals surface area (Å²) in [5, 5.41) is 33.8. The molecular formula is C19H19NO8S. The van der Waals surface area contributed by atoms with Gasteiger partial charge in [0.2, 0.25) is 12.2 Å². The topological polar surface area (TPSA) is 138 Å². The van der Waals surface area contributed by atoms with E-state index in [0.29, 0.717) is 26.8 Å². The maximum absolute atomic E-state index is 11.7. The highest BCUT2D eigenvalue weighted by Gasteiger charge is 2.46. The molecule has 2 heterocycles. The van der Waals surface area contributed by atoms with Gasteiger partial charge in [0, 0.05) is 23.8 Å². The normalized spacial score (nSPS) is 27.2. The number of hydrogen-bond donors (Lipinski definition) is 4. The standard InChI is InChI=1S/C19H19NO8S/c1-8(22)20-14-16(24)15(23)12(7-21)27-18(14)26-11-6-13-17(28-19(25)29-13)10-5-3-2-4-9(10)11/h2-6,12,14-16,18,21,23-24H,7H2,1H3,(H,20,22)/t12-,14+,15+,16-,18-/m0/s1. The first-order chi connectivity index (χ1) is 13.9. The fourth-order valence-electron chi connectivity index (χ4n) is 3.46. The molecule has 1 amide bonds. The highest BCUT2D eigenvalue weighted by atomic mass is 32.1. The number of carbonyl (C=O) groups is 1. The molecule has 3 aromatic rings. The Bertz CT molecular complexity index is 1110. The van der Waals surface area contributed by atoms with Crippen molar-refractivity contribution in [1.29, 1.82) is 0 Å². The van der Waals surface area contributed by atoms with E-state index in [2.05, 4.69) is 5.32 Å². The number of aliphatic hydroxyl groups excluding tert-OH is 3. The van der Waals surface area contributed by atoms with E-state index < -0.39 is 48.1 Å². The van der Waals surface area contributed by atoms with Crippen molar-refractivity contribution in [2.75, 3.05) is 6.61 Å². The summed E-state index contributed by atoms with van der Waals surface area (Å²) in [4.78, 5) is 22.9. The SMILES string of the molecule is CC(=O)N[C@H]1[C@@H](Oc2cc3sc(=O)oc3c3ccccc23)O[C@@H](CO)[C@@H](O)[C@H]1O. The van der Waals surface area contributed by atoms with Crippen LogP contribution in [0.1, 0.15) is 6.92 Å². The average molecular weight is 421 g/mol. The molecule has 1 fully saturated rings. The summed E-state index contributed by atoms with van der Waals surface area (Å²) in [5.74, 6) is -0.111. The summed E-state index contributed by atoms with van der Waals surface area (Å²) < 4.78 is 17.5. The van der Waals surface area contributed by atoms with Crippen LogP contribution in [0.4, 0.5) is 0 Å². The van der Waals surface area contributed by atoms with Gasteiger partial charge in [-0.2, -0.15) is 0 Å². The van der Waals surface area contributed by atoms with Crippen LogP contribution in [-0.2, 0) is 9.53 Å². The van der Waals surface area contributed by atoms with Crippen molar-refractivity contribution in [2.45, 2.75) is 37.6 Å². The van der Waals surface area contributed by atoms with Crippen molar-refractivity contribution in [2.24, 2.45) is 0 Å². The van der Waals surface area contributed by atoms with Crippen LogP contribution in [0.2, 0.25) is 0 Å². The number of amides is 1. The first-order valence-corrected chi connectivity index (χ1v) is 9.72. The van der Waals surface area contributed by atoms with Gasteiger partial charge in [0.1, 0.15) is 30.1 Å². The van der Waals surface area contributed by atoms with Gasteiger partial charge >= 0.3 is 4.94 Å². The number of ether oxygens (including phenoxy) is 2. The van der Waals surface area contributed by atoms with Crippen LogP contribution in [0, 0.1) is 0 Å². The van der Waals surface area contributed by atoms with E-state index in [1.54, 1.807) is 30.3 Å². The van der Waals surface area contributed by atoms with E-state index in [9.17, 15) is 24.9 Å². The summed E-state index contributed by atoms with van der Waals surface area (Å²) in [6, 6.07) is 7.67. The number of carbonyl (C=O) groups excluding carboxylic acids is 1. The molecule has 1 aliphatic rings. The van der Waals surface area contributed by atoms with Crippen molar-refractivity contribution in [3.8, 4) is 5.75 Å². The number of fused-ring (bicyclic) bond motifs is 3. The molecule has 29 heavy (non-hydrogen) atoms. The summed E-state index contributed by atoms with van der Waals surface area (Å²) in [5.41, 5.74) is 0.439. The first-order valence-electron chi connectivity index (χ1n) is 8.90. The van der Waals surface area contributed by atoms with E-state index in [0.717, 1.165) is 11.3 Å². The van der Waals surface area contributed by atoms with E-state index in [4.69, 9.17) is 13.9 Å². The molecule has 4 N–H and O–H groups in total. The molecule has 0 unspecified atom stereocenters. The smallest absolute Gasteiger partial charge is 0.396 e. The van der Waals surface area contributed by atoms with Gasteiger partial charge in [0.25, 0.3) is 0 Å². The fourth-order valence-corrected chi connectivity index (χ4v) is 4.17. The maximum Gasteiger partial charge on any atom is 0.396 e. The van der Waals surface area contributed by atoms with Gasteiger partial charge in [-0.15, -0.1) is 0 Å². The highest BCUT2D eigenvalue weighted by molar-refractivity contribution is 7.16. The summed E-state index contributed by atoms with van der Waals surface area (Å²) in [6.07, 6.45) is -5.12. The minimum atomic E-state index is -1.42. The van der Waals surface area contributed by atoms with E-state index >= 15 is 0 Å². The van der Waals surface area contributed by atoms with Crippen molar-refractivity contribution >= 4 is 38.3 Å². The van der Waals surface area contributed by atoms with Crippen LogP contribution < -0.4 is 15.0 Å². The minimum absolute atomic E-state index is 0.339. The Kier molecular flexibility index (Phi) is 5.28.